The number of rotatable bonds is 2. The second kappa shape index (κ2) is 7.15. The first-order valence-electron chi connectivity index (χ1n) is 6.99. The smallest absolute Gasteiger partial charge is 0.273 e. The first kappa shape index (κ1) is 17.9. The van der Waals surface area contributed by atoms with Gasteiger partial charge >= 0.3 is 6.03 Å². The van der Waals surface area contributed by atoms with Gasteiger partial charge in [-0.05, 0) is 58.5 Å². The van der Waals surface area contributed by atoms with Crippen molar-refractivity contribution >= 4 is 75.4 Å². The summed E-state index contributed by atoms with van der Waals surface area (Å²) < 4.78 is 0.862. The lowest BCUT2D eigenvalue weighted by molar-refractivity contribution is -0.122. The van der Waals surface area contributed by atoms with Crippen LogP contribution in [0.1, 0.15) is 5.56 Å². The predicted molar refractivity (Wildman–Crippen MR) is 105 cm³/mol. The maximum atomic E-state index is 12.8. The standard InChI is InChI=1S/C17H9Cl2IN2O3/c18-10-5-6-14(12(19)8-10)22-16(24)11(15(23)21-17(22)25)7-9-3-1-2-4-13(9)20/h1-8H,(H,21,23,25)/b11-7+. The van der Waals surface area contributed by atoms with E-state index in [0.29, 0.717) is 10.6 Å². The molecule has 0 atom stereocenters. The van der Waals surface area contributed by atoms with E-state index < -0.39 is 17.8 Å². The molecule has 0 saturated carbocycles. The Kier molecular flexibility index (Phi) is 5.12. The van der Waals surface area contributed by atoms with Crippen LogP contribution in [0.5, 0.6) is 0 Å². The molecule has 1 heterocycles. The van der Waals surface area contributed by atoms with E-state index in [1.807, 2.05) is 12.1 Å². The topological polar surface area (TPSA) is 66.5 Å². The van der Waals surface area contributed by atoms with Gasteiger partial charge in [0.25, 0.3) is 11.8 Å². The van der Waals surface area contributed by atoms with Gasteiger partial charge in [-0.2, -0.15) is 0 Å². The molecule has 1 aliphatic rings. The molecule has 2 aromatic rings. The van der Waals surface area contributed by atoms with Crippen molar-refractivity contribution < 1.29 is 14.4 Å². The summed E-state index contributed by atoms with van der Waals surface area (Å²) in [6.07, 6.45) is 1.45. The number of halogens is 3. The Hall–Kier alpha value is -1.90. The van der Waals surface area contributed by atoms with Crippen molar-refractivity contribution in [2.45, 2.75) is 0 Å². The monoisotopic (exact) mass is 486 g/mol. The molecule has 1 saturated heterocycles. The highest BCUT2D eigenvalue weighted by molar-refractivity contribution is 14.1. The summed E-state index contributed by atoms with van der Waals surface area (Å²) in [5.41, 5.74) is 0.683. The predicted octanol–water partition coefficient (Wildman–Crippen LogP) is 4.26. The molecule has 0 spiro atoms. The summed E-state index contributed by atoms with van der Waals surface area (Å²) in [6.45, 7) is 0. The third kappa shape index (κ3) is 3.56. The number of nitrogens with zero attached hydrogens (tertiary/aromatic N) is 1. The molecular weight excluding hydrogens is 478 g/mol. The van der Waals surface area contributed by atoms with Gasteiger partial charge in [-0.1, -0.05) is 41.4 Å². The van der Waals surface area contributed by atoms with Crippen LogP contribution in [-0.2, 0) is 9.59 Å². The maximum Gasteiger partial charge on any atom is 0.335 e. The van der Waals surface area contributed by atoms with Gasteiger partial charge in [0.2, 0.25) is 0 Å². The van der Waals surface area contributed by atoms with E-state index in [2.05, 4.69) is 27.9 Å². The number of urea groups is 1. The number of nitrogens with one attached hydrogen (secondary N) is 1. The number of amides is 4. The highest BCUT2D eigenvalue weighted by atomic mass is 127. The number of carbonyl (C=O) groups is 3. The number of barbiturate groups is 1. The van der Waals surface area contributed by atoms with Crippen molar-refractivity contribution in [1.29, 1.82) is 0 Å². The van der Waals surface area contributed by atoms with Crippen LogP contribution >= 0.6 is 45.8 Å². The summed E-state index contributed by atoms with van der Waals surface area (Å²) in [5.74, 6) is -1.51. The summed E-state index contributed by atoms with van der Waals surface area (Å²) in [7, 11) is 0. The van der Waals surface area contributed by atoms with Gasteiger partial charge in [0.1, 0.15) is 5.57 Å². The molecule has 5 nitrogen and oxygen atoms in total. The number of hydrogen-bond acceptors (Lipinski definition) is 3. The summed E-state index contributed by atoms with van der Waals surface area (Å²) >= 11 is 14.0. The third-order valence-corrected chi connectivity index (χ3v) is 4.98. The van der Waals surface area contributed by atoms with Gasteiger partial charge < -0.3 is 0 Å². The molecule has 2 aromatic carbocycles. The molecule has 0 aliphatic carbocycles. The third-order valence-electron chi connectivity index (χ3n) is 3.46. The van der Waals surface area contributed by atoms with Crippen LogP contribution in [0.15, 0.2) is 48.0 Å². The quantitative estimate of drug-likeness (QED) is 0.391. The van der Waals surface area contributed by atoms with Crippen molar-refractivity contribution in [3.8, 4) is 0 Å². The zero-order chi connectivity index (χ0) is 18.1. The fraction of sp³-hybridized carbons (Fsp3) is 0. The van der Waals surface area contributed by atoms with Crippen molar-refractivity contribution in [2.24, 2.45) is 0 Å². The van der Waals surface area contributed by atoms with Gasteiger partial charge in [-0.3, -0.25) is 14.9 Å². The van der Waals surface area contributed by atoms with Gasteiger partial charge in [0.15, 0.2) is 0 Å². The minimum atomic E-state index is -0.862. The van der Waals surface area contributed by atoms with Crippen molar-refractivity contribution in [3.05, 3.63) is 67.2 Å². The van der Waals surface area contributed by atoms with Gasteiger partial charge in [0.05, 0.1) is 10.7 Å². The zero-order valence-electron chi connectivity index (χ0n) is 12.4. The SMILES string of the molecule is O=C1NC(=O)N(c2ccc(Cl)cc2Cl)C(=O)/C1=C/c1ccccc1I. The molecule has 126 valence electrons. The summed E-state index contributed by atoms with van der Waals surface area (Å²) in [6, 6.07) is 10.8. The minimum absolute atomic E-state index is 0.124. The van der Waals surface area contributed by atoms with Crippen LogP contribution in [0.2, 0.25) is 10.0 Å². The molecule has 0 bridgehead atoms. The van der Waals surface area contributed by atoms with Gasteiger partial charge in [0, 0.05) is 8.59 Å². The molecule has 0 aromatic heterocycles. The summed E-state index contributed by atoms with van der Waals surface area (Å²) in [4.78, 5) is 37.9. The second-order valence-electron chi connectivity index (χ2n) is 5.08. The van der Waals surface area contributed by atoms with Crippen LogP contribution in [0, 0.1) is 3.57 Å². The number of anilines is 1. The highest BCUT2D eigenvalue weighted by Gasteiger charge is 2.37. The van der Waals surface area contributed by atoms with E-state index in [9.17, 15) is 14.4 Å². The second-order valence-corrected chi connectivity index (χ2v) is 7.08. The van der Waals surface area contributed by atoms with E-state index in [1.165, 1.54) is 24.3 Å². The Morgan fingerprint density at radius 2 is 1.76 bits per heavy atom. The number of hydrogen-bond donors (Lipinski definition) is 1. The van der Waals surface area contributed by atoms with Crippen LogP contribution in [0.3, 0.4) is 0 Å². The van der Waals surface area contributed by atoms with Crippen LogP contribution < -0.4 is 10.2 Å². The average Bonchev–Trinajstić information content (AvgIpc) is 2.55. The molecule has 4 amide bonds. The van der Waals surface area contributed by atoms with Crippen molar-refractivity contribution in [3.63, 3.8) is 0 Å². The molecule has 8 heteroatoms. The molecule has 1 fully saturated rings. The van der Waals surface area contributed by atoms with E-state index in [0.717, 1.165) is 8.47 Å². The van der Waals surface area contributed by atoms with Gasteiger partial charge in [-0.15, -0.1) is 0 Å². The molecule has 3 rings (SSSR count). The van der Waals surface area contributed by atoms with Crippen molar-refractivity contribution in [1.82, 2.24) is 5.32 Å². The molecule has 0 radical (unpaired) electrons. The summed E-state index contributed by atoms with van der Waals surface area (Å²) in [5, 5.41) is 2.64. The minimum Gasteiger partial charge on any atom is -0.273 e. The Balaban J connectivity index is 2.07. The number of carbonyl (C=O) groups excluding carboxylic acids is 3. The van der Waals surface area contributed by atoms with Crippen molar-refractivity contribution in [2.75, 3.05) is 4.90 Å². The zero-order valence-corrected chi connectivity index (χ0v) is 16.1. The lowest BCUT2D eigenvalue weighted by Crippen LogP contribution is -2.54. The fourth-order valence-electron chi connectivity index (χ4n) is 2.29. The van der Waals surface area contributed by atoms with E-state index in [-0.39, 0.29) is 16.3 Å². The number of imide groups is 2. The largest absolute Gasteiger partial charge is 0.335 e. The normalized spacial score (nSPS) is 16.4. The Morgan fingerprint density at radius 3 is 2.44 bits per heavy atom. The lowest BCUT2D eigenvalue weighted by Gasteiger charge is -2.27. The Bertz CT molecular complexity index is 943. The van der Waals surface area contributed by atoms with E-state index in [4.69, 9.17) is 23.2 Å². The fourth-order valence-corrected chi connectivity index (χ4v) is 3.32. The molecule has 1 aliphatic heterocycles. The first-order chi connectivity index (χ1) is 11.9. The molecule has 0 unspecified atom stereocenters. The van der Waals surface area contributed by atoms with E-state index in [1.54, 1.807) is 12.1 Å². The highest BCUT2D eigenvalue weighted by Crippen LogP contribution is 2.31. The molecular formula is C17H9Cl2IN2O3. The van der Waals surface area contributed by atoms with Gasteiger partial charge in [-0.25, -0.2) is 9.69 Å². The molecule has 25 heavy (non-hydrogen) atoms. The Labute approximate surface area is 166 Å². The van der Waals surface area contributed by atoms with Crippen LogP contribution in [0.4, 0.5) is 10.5 Å². The van der Waals surface area contributed by atoms with E-state index >= 15 is 0 Å². The Morgan fingerprint density at radius 1 is 1.04 bits per heavy atom. The van der Waals surface area contributed by atoms with Crippen LogP contribution in [-0.4, -0.2) is 17.8 Å². The lowest BCUT2D eigenvalue weighted by atomic mass is 10.1. The average molecular weight is 487 g/mol. The first-order valence-corrected chi connectivity index (χ1v) is 8.83. The molecule has 1 N–H and O–H groups in total. The number of benzene rings is 2. The maximum absolute atomic E-state index is 12.8. The van der Waals surface area contributed by atoms with Crippen LogP contribution in [0.25, 0.3) is 6.08 Å².